The molecule has 0 fully saturated rings. The topological polar surface area (TPSA) is 76.7 Å². The molecule has 2 rings (SSSR count). The molecule has 0 heterocycles. The van der Waals surface area contributed by atoms with Crippen LogP contribution in [0.1, 0.15) is 22.8 Å². The van der Waals surface area contributed by atoms with E-state index in [1.54, 1.807) is 18.2 Å². The Balaban J connectivity index is 1.80. The lowest BCUT2D eigenvalue weighted by molar-refractivity contribution is -0.119. The van der Waals surface area contributed by atoms with E-state index in [9.17, 15) is 9.59 Å². The molecule has 0 saturated carbocycles. The molecule has 2 amide bonds. The number of carbonyl (C=O) groups is 2. The molecule has 0 bridgehead atoms. The second-order valence-electron chi connectivity index (χ2n) is 5.39. The van der Waals surface area contributed by atoms with E-state index in [1.165, 1.54) is 18.9 Å². The summed E-state index contributed by atoms with van der Waals surface area (Å²) in [5.41, 5.74) is 6.09. The molecule has 0 saturated heterocycles. The normalized spacial score (nSPS) is 10.2. The Labute approximate surface area is 167 Å². The van der Waals surface area contributed by atoms with Crippen molar-refractivity contribution in [3.63, 3.8) is 0 Å². The van der Waals surface area contributed by atoms with Crippen molar-refractivity contribution >= 4 is 35.2 Å². The monoisotopic (exact) mass is 408 g/mol. The van der Waals surface area contributed by atoms with Gasteiger partial charge in [0, 0.05) is 16.3 Å². The first-order valence-electron chi connectivity index (χ1n) is 8.26. The number of carbonyl (C=O) groups excluding carboxylic acids is 2. The van der Waals surface area contributed by atoms with Crippen molar-refractivity contribution in [2.24, 2.45) is 0 Å². The van der Waals surface area contributed by atoms with Crippen LogP contribution in [0.2, 0.25) is 5.02 Å². The van der Waals surface area contributed by atoms with E-state index in [1.807, 2.05) is 31.2 Å². The molecular formula is C19H21ClN2O4S. The van der Waals surface area contributed by atoms with Crippen molar-refractivity contribution in [1.29, 1.82) is 0 Å². The van der Waals surface area contributed by atoms with Crippen LogP contribution in [0.15, 0.2) is 42.5 Å². The van der Waals surface area contributed by atoms with Crippen molar-refractivity contribution in [1.82, 2.24) is 10.9 Å². The van der Waals surface area contributed by atoms with Gasteiger partial charge >= 0.3 is 0 Å². The van der Waals surface area contributed by atoms with Crippen molar-refractivity contribution in [2.75, 3.05) is 19.5 Å². The largest absolute Gasteiger partial charge is 0.493 e. The number of thioether (sulfide) groups is 1. The molecule has 0 aliphatic heterocycles. The van der Waals surface area contributed by atoms with E-state index in [4.69, 9.17) is 21.1 Å². The van der Waals surface area contributed by atoms with Crippen LogP contribution < -0.4 is 20.3 Å². The zero-order valence-corrected chi connectivity index (χ0v) is 16.7. The molecule has 0 radical (unpaired) electrons. The van der Waals surface area contributed by atoms with E-state index >= 15 is 0 Å². The van der Waals surface area contributed by atoms with Gasteiger partial charge < -0.3 is 9.47 Å². The van der Waals surface area contributed by atoms with Crippen LogP contribution >= 0.6 is 23.4 Å². The molecule has 2 aromatic rings. The number of hydrogen-bond acceptors (Lipinski definition) is 5. The fourth-order valence-electron chi connectivity index (χ4n) is 2.19. The number of hydrogen-bond donors (Lipinski definition) is 2. The minimum Gasteiger partial charge on any atom is -0.493 e. The van der Waals surface area contributed by atoms with E-state index in [-0.39, 0.29) is 11.7 Å². The van der Waals surface area contributed by atoms with Gasteiger partial charge in [-0.2, -0.15) is 0 Å². The van der Waals surface area contributed by atoms with Crippen molar-refractivity contribution < 1.29 is 19.1 Å². The number of nitrogens with one attached hydrogen (secondary N) is 2. The molecule has 0 aliphatic carbocycles. The number of rotatable bonds is 8. The minimum atomic E-state index is -0.444. The van der Waals surface area contributed by atoms with Crippen molar-refractivity contribution in [2.45, 2.75) is 12.7 Å². The van der Waals surface area contributed by atoms with Crippen LogP contribution in [0, 0.1) is 0 Å². The molecule has 0 aromatic heterocycles. The predicted octanol–water partition coefficient (Wildman–Crippen LogP) is 3.44. The van der Waals surface area contributed by atoms with Crippen LogP contribution in [-0.4, -0.2) is 31.3 Å². The summed E-state index contributed by atoms with van der Waals surface area (Å²) in [6.07, 6.45) is 0. The molecule has 0 aliphatic rings. The molecule has 144 valence electrons. The predicted molar refractivity (Wildman–Crippen MR) is 107 cm³/mol. The molecule has 0 unspecified atom stereocenters. The maximum atomic E-state index is 12.2. The first-order chi connectivity index (χ1) is 13.0. The van der Waals surface area contributed by atoms with Gasteiger partial charge in [-0.25, -0.2) is 0 Å². The third kappa shape index (κ3) is 6.37. The van der Waals surface area contributed by atoms with Gasteiger partial charge in [-0.05, 0) is 36.8 Å². The third-order valence-corrected chi connectivity index (χ3v) is 4.84. The molecule has 0 spiro atoms. The lowest BCUT2D eigenvalue weighted by Crippen LogP contribution is -2.42. The highest BCUT2D eigenvalue weighted by Gasteiger charge is 2.12. The summed E-state index contributed by atoms with van der Waals surface area (Å²) in [4.78, 5) is 24.1. The maximum Gasteiger partial charge on any atom is 0.269 e. The van der Waals surface area contributed by atoms with Crippen LogP contribution in [-0.2, 0) is 10.5 Å². The average molecular weight is 409 g/mol. The highest BCUT2D eigenvalue weighted by atomic mass is 35.5. The molecule has 2 aromatic carbocycles. The fourth-order valence-corrected chi connectivity index (χ4v) is 3.30. The first kappa shape index (κ1) is 20.9. The third-order valence-electron chi connectivity index (χ3n) is 3.49. The average Bonchev–Trinajstić information content (AvgIpc) is 2.68. The van der Waals surface area contributed by atoms with Gasteiger partial charge in [0.2, 0.25) is 5.91 Å². The van der Waals surface area contributed by atoms with Crippen molar-refractivity contribution in [3.8, 4) is 11.5 Å². The van der Waals surface area contributed by atoms with Gasteiger partial charge in [-0.1, -0.05) is 29.8 Å². The number of benzene rings is 2. The quantitative estimate of drug-likeness (QED) is 0.654. The van der Waals surface area contributed by atoms with Crippen LogP contribution in [0.4, 0.5) is 0 Å². The van der Waals surface area contributed by atoms with Gasteiger partial charge in [0.15, 0.2) is 11.5 Å². The van der Waals surface area contributed by atoms with Crippen molar-refractivity contribution in [3.05, 3.63) is 58.6 Å². The second kappa shape index (κ2) is 10.7. The van der Waals surface area contributed by atoms with Crippen LogP contribution in [0.5, 0.6) is 11.5 Å². The Hall–Kier alpha value is -2.38. The summed E-state index contributed by atoms with van der Waals surface area (Å²) in [5.74, 6) is 1.05. The summed E-state index contributed by atoms with van der Waals surface area (Å²) in [5, 5.41) is 0.670. The highest BCUT2D eigenvalue weighted by Crippen LogP contribution is 2.28. The summed E-state index contributed by atoms with van der Waals surface area (Å²) < 4.78 is 10.6. The zero-order valence-electron chi connectivity index (χ0n) is 15.1. The molecular weight excluding hydrogens is 388 g/mol. The second-order valence-corrected chi connectivity index (χ2v) is 6.78. The number of methoxy groups -OCH3 is 1. The summed E-state index contributed by atoms with van der Waals surface area (Å²) in [6, 6.07) is 12.3. The number of halogens is 1. The van der Waals surface area contributed by atoms with Crippen LogP contribution in [0.3, 0.4) is 0 Å². The Kier molecular flexibility index (Phi) is 8.29. The number of amides is 2. The number of ether oxygens (including phenoxy) is 2. The smallest absolute Gasteiger partial charge is 0.269 e. The first-order valence-corrected chi connectivity index (χ1v) is 9.79. The van der Waals surface area contributed by atoms with Gasteiger partial charge in [0.05, 0.1) is 19.5 Å². The summed E-state index contributed by atoms with van der Waals surface area (Å²) >= 11 is 7.48. The molecule has 8 heteroatoms. The molecule has 27 heavy (non-hydrogen) atoms. The van der Waals surface area contributed by atoms with Gasteiger partial charge in [0.25, 0.3) is 5.91 Å². The van der Waals surface area contributed by atoms with Gasteiger partial charge in [-0.15, -0.1) is 11.8 Å². The Bertz CT molecular complexity index is 801. The van der Waals surface area contributed by atoms with E-state index in [0.29, 0.717) is 34.4 Å². The van der Waals surface area contributed by atoms with E-state index < -0.39 is 5.91 Å². The summed E-state index contributed by atoms with van der Waals surface area (Å²) in [7, 11) is 1.50. The Morgan fingerprint density at radius 3 is 2.59 bits per heavy atom. The van der Waals surface area contributed by atoms with E-state index in [0.717, 1.165) is 5.56 Å². The SMILES string of the molecule is CCOc1ccc(C(=O)NNC(=O)CSCc2ccccc2Cl)cc1OC. The molecule has 2 N–H and O–H groups in total. The lowest BCUT2D eigenvalue weighted by atomic mass is 10.2. The van der Waals surface area contributed by atoms with Gasteiger partial charge in [0.1, 0.15) is 0 Å². The lowest BCUT2D eigenvalue weighted by Gasteiger charge is -2.11. The van der Waals surface area contributed by atoms with E-state index in [2.05, 4.69) is 10.9 Å². The maximum absolute atomic E-state index is 12.2. The standard InChI is InChI=1S/C19H21ClN2O4S/c1-3-26-16-9-8-13(10-17(16)25-2)19(24)22-21-18(23)12-27-11-14-6-4-5-7-15(14)20/h4-10H,3,11-12H2,1-2H3,(H,21,23)(H,22,24). The Morgan fingerprint density at radius 2 is 1.89 bits per heavy atom. The summed E-state index contributed by atoms with van der Waals surface area (Å²) in [6.45, 7) is 2.35. The van der Waals surface area contributed by atoms with Gasteiger partial charge in [-0.3, -0.25) is 20.4 Å². The highest BCUT2D eigenvalue weighted by molar-refractivity contribution is 7.99. The Morgan fingerprint density at radius 1 is 1.11 bits per heavy atom. The zero-order chi connectivity index (χ0) is 19.6. The molecule has 6 nitrogen and oxygen atoms in total. The minimum absolute atomic E-state index is 0.193. The fraction of sp³-hybridized carbons (Fsp3) is 0.263. The molecule has 0 atom stereocenters. The number of hydrazine groups is 1. The van der Waals surface area contributed by atoms with Crippen LogP contribution in [0.25, 0.3) is 0 Å².